The Hall–Kier alpha value is -1.52. The number of nitrogens with zero attached hydrogens (tertiary/aromatic N) is 2. The van der Waals surface area contributed by atoms with Crippen molar-refractivity contribution >= 4 is 34.6 Å². The van der Waals surface area contributed by atoms with Crippen LogP contribution in [-0.4, -0.2) is 19.1 Å². The van der Waals surface area contributed by atoms with E-state index in [1.807, 2.05) is 32.0 Å². The van der Waals surface area contributed by atoms with Crippen LogP contribution in [0.1, 0.15) is 18.5 Å². The fourth-order valence-corrected chi connectivity index (χ4v) is 2.83. The zero-order valence-electron chi connectivity index (χ0n) is 12.0. The number of hydrogen-bond donors (Lipinski definition) is 1. The highest BCUT2D eigenvalue weighted by molar-refractivity contribution is 6.36. The summed E-state index contributed by atoms with van der Waals surface area (Å²) in [5.41, 5.74) is 2.33. The Balaban J connectivity index is 2.35. The maximum Gasteiger partial charge on any atom is 0.142 e. The lowest BCUT2D eigenvalue weighted by molar-refractivity contribution is 0.624. The van der Waals surface area contributed by atoms with E-state index in [1.54, 1.807) is 12.4 Å². The van der Waals surface area contributed by atoms with Gasteiger partial charge in [0.2, 0.25) is 0 Å². The minimum absolute atomic E-state index is 0.0396. The standard InChI is InChI=1S/C15H16Cl2FN3/c1-9(14-10(16)4-5-11(18)15(14)17)20-12-8-19-7-6-13(12)21(2)3/h4-9,20H,1-3H3. The van der Waals surface area contributed by atoms with Crippen molar-refractivity contribution in [3.63, 3.8) is 0 Å². The van der Waals surface area contributed by atoms with Crippen LogP contribution >= 0.6 is 23.2 Å². The molecule has 0 spiro atoms. The smallest absolute Gasteiger partial charge is 0.142 e. The van der Waals surface area contributed by atoms with Crippen molar-refractivity contribution in [3.8, 4) is 0 Å². The fourth-order valence-electron chi connectivity index (χ4n) is 2.13. The molecule has 1 aromatic carbocycles. The summed E-state index contributed by atoms with van der Waals surface area (Å²) in [5, 5.41) is 3.74. The number of pyridine rings is 1. The van der Waals surface area contributed by atoms with E-state index in [0.717, 1.165) is 11.4 Å². The van der Waals surface area contributed by atoms with Crippen molar-refractivity contribution in [2.24, 2.45) is 0 Å². The summed E-state index contributed by atoms with van der Waals surface area (Å²) >= 11 is 12.2. The highest BCUT2D eigenvalue weighted by atomic mass is 35.5. The summed E-state index contributed by atoms with van der Waals surface area (Å²) in [6, 6.07) is 4.40. The van der Waals surface area contributed by atoms with Gasteiger partial charge in [0, 0.05) is 30.9 Å². The molecule has 0 aliphatic heterocycles. The molecule has 1 heterocycles. The molecule has 2 rings (SSSR count). The van der Waals surface area contributed by atoms with Gasteiger partial charge in [-0.15, -0.1) is 0 Å². The lowest BCUT2D eigenvalue weighted by Crippen LogP contribution is -2.15. The average Bonchev–Trinajstić information content (AvgIpc) is 2.43. The van der Waals surface area contributed by atoms with Gasteiger partial charge in [0.1, 0.15) is 5.82 Å². The molecule has 0 bridgehead atoms. The second-order valence-electron chi connectivity index (χ2n) is 4.91. The van der Waals surface area contributed by atoms with Gasteiger partial charge in [-0.2, -0.15) is 0 Å². The SMILES string of the molecule is CC(Nc1cnccc1N(C)C)c1c(Cl)ccc(F)c1Cl. The topological polar surface area (TPSA) is 28.2 Å². The van der Waals surface area contributed by atoms with Crippen LogP contribution in [0, 0.1) is 5.82 Å². The average molecular weight is 328 g/mol. The highest BCUT2D eigenvalue weighted by Gasteiger charge is 2.18. The van der Waals surface area contributed by atoms with E-state index in [4.69, 9.17) is 23.2 Å². The summed E-state index contributed by atoms with van der Waals surface area (Å²) in [4.78, 5) is 6.07. The van der Waals surface area contributed by atoms with E-state index in [2.05, 4.69) is 10.3 Å². The molecule has 3 nitrogen and oxygen atoms in total. The van der Waals surface area contributed by atoms with Crippen LogP contribution in [0.3, 0.4) is 0 Å². The summed E-state index contributed by atoms with van der Waals surface area (Å²) in [6.45, 7) is 1.87. The molecule has 1 N–H and O–H groups in total. The number of nitrogens with one attached hydrogen (secondary N) is 1. The van der Waals surface area contributed by atoms with E-state index in [-0.39, 0.29) is 11.1 Å². The number of hydrogen-bond acceptors (Lipinski definition) is 3. The third kappa shape index (κ3) is 3.39. The molecule has 0 saturated heterocycles. The summed E-state index contributed by atoms with van der Waals surface area (Å²) in [6.07, 6.45) is 3.43. The van der Waals surface area contributed by atoms with E-state index >= 15 is 0 Å². The van der Waals surface area contributed by atoms with Crippen LogP contribution in [0.25, 0.3) is 0 Å². The predicted molar refractivity (Wildman–Crippen MR) is 87.0 cm³/mol. The molecule has 1 aromatic heterocycles. The molecule has 6 heteroatoms. The Morgan fingerprint density at radius 2 is 1.95 bits per heavy atom. The maximum absolute atomic E-state index is 13.6. The molecule has 1 atom stereocenters. The minimum Gasteiger partial charge on any atom is -0.376 e. The lowest BCUT2D eigenvalue weighted by Gasteiger charge is -2.23. The largest absolute Gasteiger partial charge is 0.376 e. The molecule has 0 aliphatic rings. The Bertz CT molecular complexity index is 647. The first-order valence-corrected chi connectivity index (χ1v) is 7.18. The lowest BCUT2D eigenvalue weighted by atomic mass is 10.1. The van der Waals surface area contributed by atoms with Gasteiger partial charge < -0.3 is 10.2 Å². The Kier molecular flexibility index (Phi) is 4.91. The molecule has 21 heavy (non-hydrogen) atoms. The van der Waals surface area contributed by atoms with Crippen molar-refractivity contribution in [1.82, 2.24) is 4.98 Å². The maximum atomic E-state index is 13.6. The molecule has 0 radical (unpaired) electrons. The van der Waals surface area contributed by atoms with Gasteiger partial charge in [-0.3, -0.25) is 4.98 Å². The van der Waals surface area contributed by atoms with Gasteiger partial charge in [0.15, 0.2) is 0 Å². The molecule has 0 aliphatic carbocycles. The van der Waals surface area contributed by atoms with Crippen LogP contribution in [-0.2, 0) is 0 Å². The third-order valence-electron chi connectivity index (χ3n) is 3.16. The van der Waals surface area contributed by atoms with Crippen molar-refractivity contribution in [2.75, 3.05) is 24.3 Å². The second kappa shape index (κ2) is 6.50. The summed E-state index contributed by atoms with van der Waals surface area (Å²) in [7, 11) is 3.88. The summed E-state index contributed by atoms with van der Waals surface area (Å²) < 4.78 is 13.6. The van der Waals surface area contributed by atoms with E-state index in [9.17, 15) is 4.39 Å². The van der Waals surface area contributed by atoms with Gasteiger partial charge in [-0.1, -0.05) is 23.2 Å². The second-order valence-corrected chi connectivity index (χ2v) is 5.70. The Morgan fingerprint density at radius 1 is 1.24 bits per heavy atom. The number of anilines is 2. The van der Waals surface area contributed by atoms with Gasteiger partial charge in [-0.25, -0.2) is 4.39 Å². The van der Waals surface area contributed by atoms with Crippen molar-refractivity contribution in [3.05, 3.63) is 52.0 Å². The first kappa shape index (κ1) is 15.9. The normalized spacial score (nSPS) is 12.1. The molecular formula is C15H16Cl2FN3. The van der Waals surface area contributed by atoms with Crippen molar-refractivity contribution in [2.45, 2.75) is 13.0 Å². The molecule has 0 amide bonds. The molecular weight excluding hydrogens is 312 g/mol. The Morgan fingerprint density at radius 3 is 2.62 bits per heavy atom. The number of halogens is 3. The van der Waals surface area contributed by atoms with Gasteiger partial charge in [0.25, 0.3) is 0 Å². The zero-order chi connectivity index (χ0) is 15.6. The number of benzene rings is 1. The number of rotatable bonds is 4. The van der Waals surface area contributed by atoms with Crippen molar-refractivity contribution < 1.29 is 4.39 Å². The zero-order valence-corrected chi connectivity index (χ0v) is 13.5. The van der Waals surface area contributed by atoms with E-state index in [0.29, 0.717) is 10.6 Å². The molecule has 0 saturated carbocycles. The predicted octanol–water partition coefficient (Wildman–Crippen LogP) is 4.77. The molecule has 1 unspecified atom stereocenters. The molecule has 0 fully saturated rings. The van der Waals surface area contributed by atoms with Gasteiger partial charge in [-0.05, 0) is 25.1 Å². The van der Waals surface area contributed by atoms with Crippen LogP contribution in [0.5, 0.6) is 0 Å². The third-order valence-corrected chi connectivity index (χ3v) is 3.88. The first-order chi connectivity index (χ1) is 9.91. The van der Waals surface area contributed by atoms with Crippen LogP contribution < -0.4 is 10.2 Å². The number of aromatic nitrogens is 1. The monoisotopic (exact) mass is 327 g/mol. The van der Waals surface area contributed by atoms with Crippen molar-refractivity contribution in [1.29, 1.82) is 0 Å². The minimum atomic E-state index is -0.483. The van der Waals surface area contributed by atoms with E-state index < -0.39 is 5.82 Å². The Labute approximate surface area is 133 Å². The van der Waals surface area contributed by atoms with Crippen LogP contribution in [0.15, 0.2) is 30.6 Å². The highest BCUT2D eigenvalue weighted by Crippen LogP contribution is 2.35. The van der Waals surface area contributed by atoms with Crippen LogP contribution in [0.2, 0.25) is 10.0 Å². The summed E-state index contributed by atoms with van der Waals surface area (Å²) in [5.74, 6) is -0.483. The first-order valence-electron chi connectivity index (χ1n) is 6.43. The van der Waals surface area contributed by atoms with Gasteiger partial charge in [0.05, 0.1) is 28.6 Å². The van der Waals surface area contributed by atoms with E-state index in [1.165, 1.54) is 12.1 Å². The van der Waals surface area contributed by atoms with Crippen LogP contribution in [0.4, 0.5) is 15.8 Å². The fraction of sp³-hybridized carbons (Fsp3) is 0.267. The van der Waals surface area contributed by atoms with Gasteiger partial charge >= 0.3 is 0 Å². The molecule has 2 aromatic rings. The molecule has 112 valence electrons. The quantitative estimate of drug-likeness (QED) is 0.820.